The fourth-order valence-electron chi connectivity index (χ4n) is 3.72. The SMILES string of the molecule is CC(=O)Nc1ccc(S(=O)(=O)Nc2nc3ccccc3nc2NC2CCCCC2)cc1. The minimum Gasteiger partial charge on any atom is -0.364 e. The smallest absolute Gasteiger partial charge is 0.263 e. The van der Waals surface area contributed by atoms with Crippen molar-refractivity contribution in [2.24, 2.45) is 0 Å². The highest BCUT2D eigenvalue weighted by Crippen LogP contribution is 2.28. The van der Waals surface area contributed by atoms with E-state index in [4.69, 9.17) is 0 Å². The molecule has 0 atom stereocenters. The Balaban J connectivity index is 1.65. The standard InChI is InChI=1S/C22H25N5O3S/c1-15(28)23-17-11-13-18(14-12-17)31(29,30)27-22-21(24-16-7-3-2-4-8-16)25-19-9-5-6-10-20(19)26-22/h5-6,9-14,16H,2-4,7-8H2,1H3,(H,23,28)(H,24,25)(H,26,27). The third-order valence-electron chi connectivity index (χ3n) is 5.23. The Morgan fingerprint density at radius 3 is 2.13 bits per heavy atom. The van der Waals surface area contributed by atoms with Crippen LogP contribution in [0.1, 0.15) is 39.0 Å². The van der Waals surface area contributed by atoms with Crippen LogP contribution in [0.4, 0.5) is 17.3 Å². The van der Waals surface area contributed by atoms with Gasteiger partial charge in [0.25, 0.3) is 10.0 Å². The third kappa shape index (κ3) is 5.11. The minimum atomic E-state index is -3.90. The monoisotopic (exact) mass is 439 g/mol. The maximum absolute atomic E-state index is 13.0. The fraction of sp³-hybridized carbons (Fsp3) is 0.318. The van der Waals surface area contributed by atoms with Crippen LogP contribution in [0.2, 0.25) is 0 Å². The third-order valence-corrected chi connectivity index (χ3v) is 6.59. The van der Waals surface area contributed by atoms with Crippen LogP contribution in [0, 0.1) is 0 Å². The molecule has 1 aromatic heterocycles. The number of carbonyl (C=O) groups excluding carboxylic acids is 1. The van der Waals surface area contributed by atoms with Crippen LogP contribution in [0.5, 0.6) is 0 Å². The molecule has 0 bridgehead atoms. The van der Waals surface area contributed by atoms with Gasteiger partial charge >= 0.3 is 0 Å². The molecule has 0 spiro atoms. The molecule has 1 aliphatic carbocycles. The van der Waals surface area contributed by atoms with Gasteiger partial charge in [0.15, 0.2) is 11.6 Å². The first-order valence-corrected chi connectivity index (χ1v) is 11.8. The zero-order valence-corrected chi connectivity index (χ0v) is 18.1. The summed E-state index contributed by atoms with van der Waals surface area (Å²) in [6, 6.07) is 13.6. The highest BCUT2D eigenvalue weighted by atomic mass is 32.2. The number of nitrogens with zero attached hydrogens (tertiary/aromatic N) is 2. The zero-order chi connectivity index (χ0) is 21.8. The van der Waals surface area contributed by atoms with Crippen molar-refractivity contribution in [1.82, 2.24) is 9.97 Å². The van der Waals surface area contributed by atoms with E-state index in [2.05, 4.69) is 25.3 Å². The van der Waals surface area contributed by atoms with E-state index in [0.29, 0.717) is 22.5 Å². The van der Waals surface area contributed by atoms with Gasteiger partial charge in [-0.25, -0.2) is 18.4 Å². The van der Waals surface area contributed by atoms with E-state index in [1.54, 1.807) is 18.2 Å². The Bertz CT molecular complexity index is 1190. The number of carbonyl (C=O) groups is 1. The zero-order valence-electron chi connectivity index (χ0n) is 17.3. The lowest BCUT2D eigenvalue weighted by molar-refractivity contribution is -0.114. The van der Waals surface area contributed by atoms with Crippen LogP contribution in [0.15, 0.2) is 53.4 Å². The lowest BCUT2D eigenvalue weighted by Crippen LogP contribution is -2.25. The summed E-state index contributed by atoms with van der Waals surface area (Å²) in [7, 11) is -3.90. The summed E-state index contributed by atoms with van der Waals surface area (Å²) in [6.07, 6.45) is 5.53. The normalized spacial score (nSPS) is 14.9. The van der Waals surface area contributed by atoms with Gasteiger partial charge in [-0.05, 0) is 49.2 Å². The molecule has 0 unspecified atom stereocenters. The van der Waals surface area contributed by atoms with E-state index < -0.39 is 10.0 Å². The average Bonchev–Trinajstić information content (AvgIpc) is 2.74. The Morgan fingerprint density at radius 1 is 0.903 bits per heavy atom. The molecule has 9 heteroatoms. The molecule has 1 aliphatic rings. The molecule has 3 aromatic rings. The summed E-state index contributed by atoms with van der Waals surface area (Å²) >= 11 is 0. The Labute approximate surface area is 181 Å². The van der Waals surface area contributed by atoms with Gasteiger partial charge in [-0.3, -0.25) is 9.52 Å². The van der Waals surface area contributed by atoms with Crippen molar-refractivity contribution in [1.29, 1.82) is 0 Å². The maximum Gasteiger partial charge on any atom is 0.263 e. The lowest BCUT2D eigenvalue weighted by atomic mass is 9.95. The number of rotatable bonds is 6. The lowest BCUT2D eigenvalue weighted by Gasteiger charge is -2.24. The summed E-state index contributed by atoms with van der Waals surface area (Å²) in [6.45, 7) is 1.39. The van der Waals surface area contributed by atoms with Gasteiger partial charge in [0, 0.05) is 18.7 Å². The number of amides is 1. The van der Waals surface area contributed by atoms with E-state index in [9.17, 15) is 13.2 Å². The molecule has 162 valence electrons. The number of benzene rings is 2. The van der Waals surface area contributed by atoms with Crippen molar-refractivity contribution >= 4 is 44.3 Å². The van der Waals surface area contributed by atoms with Crippen molar-refractivity contribution in [3.63, 3.8) is 0 Å². The first kappa shape index (κ1) is 21.0. The van der Waals surface area contributed by atoms with E-state index in [1.165, 1.54) is 25.5 Å². The second kappa shape index (κ2) is 8.89. The van der Waals surface area contributed by atoms with Gasteiger partial charge in [0.1, 0.15) is 0 Å². The molecule has 0 radical (unpaired) electrons. The minimum absolute atomic E-state index is 0.0696. The molecule has 4 rings (SSSR count). The summed E-state index contributed by atoms with van der Waals surface area (Å²) in [5.74, 6) is 0.387. The second-order valence-corrected chi connectivity index (χ2v) is 9.38. The number of anilines is 3. The quantitative estimate of drug-likeness (QED) is 0.532. The molecule has 31 heavy (non-hydrogen) atoms. The van der Waals surface area contributed by atoms with Crippen LogP contribution in [-0.2, 0) is 14.8 Å². The molecule has 1 amide bonds. The van der Waals surface area contributed by atoms with Crippen LogP contribution in [-0.4, -0.2) is 30.3 Å². The Kier molecular flexibility index (Phi) is 6.03. The van der Waals surface area contributed by atoms with Crippen LogP contribution < -0.4 is 15.4 Å². The number of nitrogens with one attached hydrogen (secondary N) is 3. The highest BCUT2D eigenvalue weighted by Gasteiger charge is 2.21. The van der Waals surface area contributed by atoms with Gasteiger partial charge in [0.2, 0.25) is 5.91 Å². The molecular weight excluding hydrogens is 414 g/mol. The maximum atomic E-state index is 13.0. The van der Waals surface area contributed by atoms with Crippen molar-refractivity contribution in [3.8, 4) is 0 Å². The second-order valence-electron chi connectivity index (χ2n) is 7.70. The van der Waals surface area contributed by atoms with Crippen molar-refractivity contribution in [2.45, 2.75) is 50.0 Å². The first-order valence-electron chi connectivity index (χ1n) is 10.3. The van der Waals surface area contributed by atoms with E-state index in [-0.39, 0.29) is 22.7 Å². The number of sulfonamides is 1. The van der Waals surface area contributed by atoms with Gasteiger partial charge in [-0.2, -0.15) is 0 Å². The number of aromatic nitrogens is 2. The van der Waals surface area contributed by atoms with Crippen molar-refractivity contribution in [2.75, 3.05) is 15.4 Å². The van der Waals surface area contributed by atoms with Crippen LogP contribution in [0.3, 0.4) is 0 Å². The molecule has 3 N–H and O–H groups in total. The van der Waals surface area contributed by atoms with E-state index in [1.807, 2.05) is 18.2 Å². The molecule has 0 aliphatic heterocycles. The number of hydrogen-bond acceptors (Lipinski definition) is 6. The van der Waals surface area contributed by atoms with E-state index >= 15 is 0 Å². The molecule has 1 fully saturated rings. The van der Waals surface area contributed by atoms with Crippen molar-refractivity contribution < 1.29 is 13.2 Å². The fourth-order valence-corrected chi connectivity index (χ4v) is 4.73. The molecule has 2 aromatic carbocycles. The number of fused-ring (bicyclic) bond motifs is 1. The summed E-state index contributed by atoms with van der Waals surface area (Å²) in [5, 5.41) is 6.02. The van der Waals surface area contributed by atoms with Crippen LogP contribution in [0.25, 0.3) is 11.0 Å². The van der Waals surface area contributed by atoms with Gasteiger partial charge in [-0.1, -0.05) is 31.4 Å². The summed E-state index contributed by atoms with van der Waals surface area (Å²) in [4.78, 5) is 20.4. The summed E-state index contributed by atoms with van der Waals surface area (Å²) < 4.78 is 28.6. The predicted molar refractivity (Wildman–Crippen MR) is 122 cm³/mol. The van der Waals surface area contributed by atoms with Crippen LogP contribution >= 0.6 is 0 Å². The molecule has 0 saturated heterocycles. The topological polar surface area (TPSA) is 113 Å². The predicted octanol–water partition coefficient (Wildman–Crippen LogP) is 4.13. The Morgan fingerprint density at radius 2 is 1.52 bits per heavy atom. The van der Waals surface area contributed by atoms with Gasteiger partial charge in [-0.15, -0.1) is 0 Å². The average molecular weight is 440 g/mol. The van der Waals surface area contributed by atoms with Crippen molar-refractivity contribution in [3.05, 3.63) is 48.5 Å². The Hall–Kier alpha value is -3.20. The highest BCUT2D eigenvalue weighted by molar-refractivity contribution is 7.92. The first-order chi connectivity index (χ1) is 14.9. The van der Waals surface area contributed by atoms with Gasteiger partial charge in [0.05, 0.1) is 15.9 Å². The molecule has 1 heterocycles. The van der Waals surface area contributed by atoms with E-state index in [0.717, 1.165) is 25.7 Å². The van der Waals surface area contributed by atoms with Gasteiger partial charge < -0.3 is 10.6 Å². The summed E-state index contributed by atoms with van der Waals surface area (Å²) in [5.41, 5.74) is 1.83. The largest absolute Gasteiger partial charge is 0.364 e. The number of para-hydroxylation sites is 2. The molecule has 1 saturated carbocycles. The molecule has 8 nitrogen and oxygen atoms in total. The number of hydrogen-bond donors (Lipinski definition) is 3. The molecular formula is C22H25N5O3S.